The van der Waals surface area contributed by atoms with E-state index in [0.717, 1.165) is 83.2 Å². The fourth-order valence-corrected chi connectivity index (χ4v) is 16.0. The maximum atomic E-state index is 14.3. The molecule has 9 aliphatic rings. The number of carboxylic acids is 9. The minimum absolute atomic E-state index is 0.0379. The highest BCUT2D eigenvalue weighted by molar-refractivity contribution is 5.86. The van der Waals surface area contributed by atoms with Crippen LogP contribution in [0.5, 0.6) is 0 Å². The number of rotatable bonds is 27. The lowest BCUT2D eigenvalue weighted by Crippen LogP contribution is -2.55. The van der Waals surface area contributed by atoms with Gasteiger partial charge in [-0.3, -0.25) is 44.1 Å². The molecule has 9 aliphatic heterocycles. The molecule has 0 bridgehead atoms. The van der Waals surface area contributed by atoms with Gasteiger partial charge in [-0.15, -0.1) is 0 Å². The zero-order valence-electron chi connectivity index (χ0n) is 88.2. The summed E-state index contributed by atoms with van der Waals surface area (Å²) in [6.07, 6.45) is 6.43. The van der Waals surface area contributed by atoms with Gasteiger partial charge in [0, 0.05) is 179 Å². The van der Waals surface area contributed by atoms with Crippen molar-refractivity contribution in [1.29, 1.82) is 0 Å². The predicted octanol–water partition coefficient (Wildman–Crippen LogP) is 11.1. The number of hydrogen-bond donors (Lipinski definition) is 9. The molecule has 0 aromatic carbocycles. The van der Waals surface area contributed by atoms with E-state index in [0.29, 0.717) is 82.3 Å². The molecule has 9 saturated heterocycles. The van der Waals surface area contributed by atoms with E-state index in [1.165, 1.54) is 12.2 Å². The van der Waals surface area contributed by atoms with Crippen molar-refractivity contribution >= 4 is 53.7 Å². The third kappa shape index (κ3) is 55.6. The first kappa shape index (κ1) is 132. The highest BCUT2D eigenvalue weighted by Gasteiger charge is 2.47. The van der Waals surface area contributed by atoms with E-state index in [4.69, 9.17) is 88.6 Å². The van der Waals surface area contributed by atoms with Crippen LogP contribution in [-0.2, 0) is 85.8 Å². The van der Waals surface area contributed by atoms with E-state index in [9.17, 15) is 69.5 Å². The fraction of sp³-hybridized carbons (Fsp3) is 0.788. The summed E-state index contributed by atoms with van der Waals surface area (Å²) in [5, 5.41) is 77.1. The van der Waals surface area contributed by atoms with Gasteiger partial charge in [-0.05, 0) is 223 Å². The van der Waals surface area contributed by atoms with E-state index >= 15 is 0 Å². The lowest BCUT2D eigenvalue weighted by molar-refractivity contribution is -0.184. The Bertz CT molecular complexity index is 3910. The minimum atomic E-state index is -2.97. The number of alkyl halides is 6. The van der Waals surface area contributed by atoms with Crippen LogP contribution in [0.15, 0.2) is 71.4 Å². The molecule has 0 radical (unpaired) electrons. The SMILES string of the molecule is C/C(=C\C(=O)O)[C@@H]1CN(C(C)(C)C)CCO1.C/C(=C\C1CN(C(C)(C)C)CC(C)(F)C1)C(=O)O.C/C(=C\[C@@H]1CN(C(C)(C)C)CCO1)C(=O)O.CC(C)(C)N1CCO[C@H](/C=C/C(=O)O)C1.CC(C)N1CC(F)C(OCC(=O)O)C(F)C1.CC(C)N1CC(F)OCC1COCC(=O)O.CC(C)N1CCC(OCC(=O)O)C(F)(F)C1.CC(C)N1CCOC(/C=C/C(=O)O)C1.CC(C)N1CCOCC1/C=C/C(=O)O. The molecule has 36 nitrogen and oxygen atoms in total. The summed E-state index contributed by atoms with van der Waals surface area (Å²) >= 11 is 0. The third-order valence-electron chi connectivity index (χ3n) is 24.1. The van der Waals surface area contributed by atoms with Gasteiger partial charge in [-0.1, -0.05) is 12.2 Å². The molecule has 0 aromatic rings. The van der Waals surface area contributed by atoms with Crippen molar-refractivity contribution in [3.63, 3.8) is 0 Å². The molecule has 0 saturated carbocycles. The van der Waals surface area contributed by atoms with Gasteiger partial charge in [-0.2, -0.15) is 0 Å². The summed E-state index contributed by atoms with van der Waals surface area (Å²) in [7, 11) is 0. The number of likely N-dealkylation sites (tertiary alicyclic amines) is 3. The summed E-state index contributed by atoms with van der Waals surface area (Å²) in [4.78, 5) is 113. The molecule has 9 heterocycles. The van der Waals surface area contributed by atoms with Crippen molar-refractivity contribution in [3.8, 4) is 0 Å². The number of halogens is 6. The molecule has 816 valence electrons. The molecule has 0 spiro atoms. The van der Waals surface area contributed by atoms with Crippen LogP contribution < -0.4 is 0 Å². The van der Waals surface area contributed by atoms with Gasteiger partial charge in [-0.25, -0.2) is 69.5 Å². The Morgan fingerprint density at radius 1 is 0.433 bits per heavy atom. The number of ether oxygens (including phenoxy) is 9. The highest BCUT2D eigenvalue weighted by atomic mass is 19.3. The summed E-state index contributed by atoms with van der Waals surface area (Å²) < 4.78 is 128. The van der Waals surface area contributed by atoms with Crippen LogP contribution in [-0.4, -0.2) is 453 Å². The van der Waals surface area contributed by atoms with E-state index in [2.05, 4.69) is 140 Å². The standard InChI is InChI=1S/C14H24FNO2.2C12H21NO3.C11H19NO3.2C10H17F2NO3.C10H18FNO4.2C10H17NO3/c1-10(12(17)18)6-11-7-14(5,15)9-16(8-11)13(2,3)4;1-9(7-11(14)15)10-8-13(5-6-16-10)12(2,3)4;1-9(11(14)15)7-10-8-13(5-6-16-10)12(2,3)4;1-11(2,3)12-6-7-15-9(8-12)4-5-10(13)14;1-6(2)13-3-7(11)10(8(12)4-13)16-5-9(14)15;1-7(2)13-4-3-8(10(11,12)6-13)16-5-9(14)15;1-7(2)12-3-9(11)16-5-8(12)4-15-6-10(13)14;1-8(2)11-5-6-14-7-9(11)3-4-10(12)13;1-8(2)11-5-6-14-9(7-11)3-4-10(12)13/h6,11H,7-9H2,1-5H3,(H,17,18);2*7,10H,5-6,8H2,1-4H3,(H,14,15);4-5,9H,6-8H2,1-3H3,(H,13,14);6-8,10H,3-5H2,1-2H3,(H,14,15);7-8H,3-6H2,1-2H3,(H,14,15);7-9H,3-6H2,1-2H3,(H,13,14);2*3-4,8-9H,5-7H2,1-2H3,(H,12,13)/b10-6+;2*9-7+;5-4+;;;;2*4-3+/t;2*10-;9-;;;;;/m.011...../s1. The topological polar surface area (TPSA) is 448 Å². The number of carbonyl (C=O) groups is 9. The fourth-order valence-electron chi connectivity index (χ4n) is 16.0. The molecule has 9 N–H and O–H groups in total. The average Bonchev–Trinajstić information content (AvgIpc) is 0.808. The van der Waals surface area contributed by atoms with Crippen molar-refractivity contribution in [2.24, 2.45) is 5.92 Å². The van der Waals surface area contributed by atoms with Crippen LogP contribution in [0.3, 0.4) is 0 Å². The summed E-state index contributed by atoms with van der Waals surface area (Å²) in [6.45, 7) is 63.9. The lowest BCUT2D eigenvalue weighted by atomic mass is 9.84. The Kier molecular flexibility index (Phi) is 59.5. The van der Waals surface area contributed by atoms with Crippen molar-refractivity contribution in [3.05, 3.63) is 71.4 Å². The first-order valence-corrected chi connectivity index (χ1v) is 48.3. The van der Waals surface area contributed by atoms with Gasteiger partial charge in [0.05, 0.1) is 102 Å². The van der Waals surface area contributed by atoms with Gasteiger partial charge in [0.1, 0.15) is 50.0 Å². The van der Waals surface area contributed by atoms with Gasteiger partial charge in [0.25, 0.3) is 5.92 Å². The van der Waals surface area contributed by atoms with Crippen LogP contribution in [0.4, 0.5) is 26.3 Å². The second-order valence-electron chi connectivity index (χ2n) is 41.7. The number of morpholine rings is 6. The molecule has 141 heavy (non-hydrogen) atoms. The van der Waals surface area contributed by atoms with E-state index in [1.807, 2.05) is 53.4 Å². The number of nitrogens with zero attached hydrogens (tertiary/aromatic N) is 9. The molecular weight excluding hydrogens is 1860 g/mol. The van der Waals surface area contributed by atoms with Crippen LogP contribution in [0.2, 0.25) is 0 Å². The number of aliphatic carboxylic acids is 9. The zero-order chi connectivity index (χ0) is 108. The van der Waals surface area contributed by atoms with Crippen LogP contribution in [0.25, 0.3) is 0 Å². The number of piperidine rings is 3. The molecule has 9 unspecified atom stereocenters. The van der Waals surface area contributed by atoms with Gasteiger partial charge in [0.2, 0.25) is 6.36 Å². The van der Waals surface area contributed by atoms with Gasteiger partial charge in [0.15, 0.2) is 0 Å². The van der Waals surface area contributed by atoms with Gasteiger partial charge >= 0.3 is 53.7 Å². The average molecular weight is 2030 g/mol. The van der Waals surface area contributed by atoms with E-state index in [-0.39, 0.29) is 135 Å². The number of hydrogen-bond acceptors (Lipinski definition) is 27. The molecular formula is C99H171F6N9O27. The Labute approximate surface area is 831 Å². The lowest BCUT2D eigenvalue weighted by Gasteiger charge is -2.45. The minimum Gasteiger partial charge on any atom is -0.480 e. The largest absolute Gasteiger partial charge is 0.480 e. The summed E-state index contributed by atoms with van der Waals surface area (Å²) in [6, 6.07) is 1.23. The number of carboxylic acid groups (broad SMARTS) is 9. The normalized spacial score (nSPS) is 26.7. The molecule has 0 aromatic heterocycles. The molecule has 0 amide bonds. The first-order valence-electron chi connectivity index (χ1n) is 48.3. The Balaban J connectivity index is 0.000000794. The quantitative estimate of drug-likeness (QED) is 0.0272. The first-order chi connectivity index (χ1) is 65.0. The van der Waals surface area contributed by atoms with Crippen molar-refractivity contribution in [1.82, 2.24) is 44.1 Å². The van der Waals surface area contributed by atoms with E-state index < -0.39 is 109 Å². The molecule has 9 rings (SSSR count). The highest BCUT2D eigenvalue weighted by Crippen LogP contribution is 2.35. The summed E-state index contributed by atoms with van der Waals surface area (Å²) in [5.41, 5.74) is 0.383. The third-order valence-corrected chi connectivity index (χ3v) is 24.1. The molecule has 12 atom stereocenters. The van der Waals surface area contributed by atoms with Crippen molar-refractivity contribution < 1.29 is 158 Å². The Hall–Kier alpha value is -7.47. The van der Waals surface area contributed by atoms with Crippen LogP contribution in [0, 0.1) is 5.92 Å². The molecule has 0 aliphatic carbocycles. The van der Waals surface area contributed by atoms with Crippen molar-refractivity contribution in [2.75, 3.05) is 177 Å². The maximum Gasteiger partial charge on any atom is 0.331 e. The molecule has 42 heteroatoms. The maximum absolute atomic E-state index is 14.3. The van der Waals surface area contributed by atoms with E-state index in [1.54, 1.807) is 61.0 Å². The van der Waals surface area contributed by atoms with Gasteiger partial charge < -0.3 is 88.6 Å². The second-order valence-corrected chi connectivity index (χ2v) is 41.7. The predicted molar refractivity (Wildman–Crippen MR) is 522 cm³/mol. The monoisotopic (exact) mass is 2030 g/mol. The smallest absolute Gasteiger partial charge is 0.331 e. The summed E-state index contributed by atoms with van der Waals surface area (Å²) in [5.74, 6) is -11.9. The van der Waals surface area contributed by atoms with Crippen molar-refractivity contribution in [2.45, 2.75) is 324 Å². The Morgan fingerprint density at radius 3 is 1.32 bits per heavy atom. The zero-order valence-corrected chi connectivity index (χ0v) is 88.2. The van der Waals surface area contributed by atoms with Crippen LogP contribution in [0.1, 0.15) is 193 Å². The molecule has 9 fully saturated rings. The van der Waals surface area contributed by atoms with Crippen LogP contribution >= 0.6 is 0 Å². The second kappa shape index (κ2) is 63.8. The Morgan fingerprint density at radius 2 is 0.872 bits per heavy atom.